The Labute approximate surface area is 109 Å². The monoisotopic (exact) mass is 268 g/mol. The Hall–Kier alpha value is -1.49. The van der Waals surface area contributed by atoms with E-state index in [0.29, 0.717) is 19.4 Å². The summed E-state index contributed by atoms with van der Waals surface area (Å²) in [6.45, 7) is 2.06. The van der Waals surface area contributed by atoms with Crippen LogP contribution in [0.2, 0.25) is 0 Å². The minimum Gasteiger partial charge on any atom is -0.468 e. The summed E-state index contributed by atoms with van der Waals surface area (Å²) in [7, 11) is 1.26. The maximum absolute atomic E-state index is 14.1. The first-order valence-corrected chi connectivity index (χ1v) is 6.11. The van der Waals surface area contributed by atoms with Crippen molar-refractivity contribution in [1.29, 1.82) is 0 Å². The van der Waals surface area contributed by atoms with Crippen LogP contribution in [-0.2, 0) is 19.7 Å². The number of aryl methyl sites for hydroxylation is 1. The largest absolute Gasteiger partial charge is 0.468 e. The van der Waals surface area contributed by atoms with Crippen LogP contribution in [0, 0.1) is 18.6 Å². The van der Waals surface area contributed by atoms with Gasteiger partial charge in [0.15, 0.2) is 0 Å². The molecule has 102 valence electrons. The van der Waals surface area contributed by atoms with Gasteiger partial charge in [0.05, 0.1) is 19.3 Å². The maximum atomic E-state index is 14.1. The first-order valence-electron chi connectivity index (χ1n) is 6.11. The molecule has 0 amide bonds. The lowest BCUT2D eigenvalue weighted by Crippen LogP contribution is -2.53. The molecule has 19 heavy (non-hydrogen) atoms. The second-order valence-corrected chi connectivity index (χ2v) is 5.48. The molecule has 1 aliphatic carbocycles. The van der Waals surface area contributed by atoms with E-state index in [-0.39, 0.29) is 16.7 Å². The summed E-state index contributed by atoms with van der Waals surface area (Å²) in [5.41, 5.74) is -1.13. The summed E-state index contributed by atoms with van der Waals surface area (Å²) in [6.07, 6.45) is 0.707. The highest BCUT2D eigenvalue weighted by Crippen LogP contribution is 2.59. The van der Waals surface area contributed by atoms with Crippen molar-refractivity contribution in [3.63, 3.8) is 0 Å². The highest BCUT2D eigenvalue weighted by Gasteiger charge is 2.68. The van der Waals surface area contributed by atoms with E-state index in [1.807, 2.05) is 0 Å². The van der Waals surface area contributed by atoms with Crippen molar-refractivity contribution in [2.45, 2.75) is 30.8 Å². The fourth-order valence-electron chi connectivity index (χ4n) is 3.01. The normalized spacial score (nSPS) is 32.0. The van der Waals surface area contributed by atoms with Gasteiger partial charge in [0, 0.05) is 5.56 Å². The third kappa shape index (κ3) is 1.68. The molecule has 1 aromatic carbocycles. The molecule has 0 radical (unpaired) electrons. The topological polar surface area (TPSA) is 38.8 Å². The van der Waals surface area contributed by atoms with Crippen molar-refractivity contribution in [3.05, 3.63) is 34.9 Å². The zero-order valence-electron chi connectivity index (χ0n) is 10.8. The van der Waals surface area contributed by atoms with Gasteiger partial charge in [-0.25, -0.2) is 8.78 Å². The standard InChI is InChI=1S/C14H14F2O3/c1-8-3-11(16)9(4-10(8)15)14(12(17)18-2)5-13(6-14)7-19-13/h3-4H,5-7H2,1-2H3. The molecular formula is C14H14F2O3. The molecule has 1 aromatic rings. The third-order valence-electron chi connectivity index (χ3n) is 4.14. The summed E-state index contributed by atoms with van der Waals surface area (Å²) in [5, 5.41) is 0. The Kier molecular flexibility index (Phi) is 2.48. The average Bonchev–Trinajstić information content (AvgIpc) is 3.11. The lowest BCUT2D eigenvalue weighted by atomic mass is 9.58. The predicted molar refractivity (Wildman–Crippen MR) is 62.7 cm³/mol. The van der Waals surface area contributed by atoms with Crippen LogP contribution in [0.15, 0.2) is 12.1 Å². The lowest BCUT2D eigenvalue weighted by molar-refractivity contribution is -0.154. The molecule has 1 aliphatic heterocycles. The van der Waals surface area contributed by atoms with E-state index in [1.165, 1.54) is 14.0 Å². The molecule has 3 rings (SSSR count). The molecule has 2 aliphatic rings. The summed E-state index contributed by atoms with van der Waals surface area (Å²) in [4.78, 5) is 12.0. The molecule has 0 aromatic heterocycles. The first kappa shape index (κ1) is 12.5. The van der Waals surface area contributed by atoms with E-state index in [0.717, 1.165) is 12.1 Å². The first-order chi connectivity index (χ1) is 8.92. The number of carbonyl (C=O) groups is 1. The van der Waals surface area contributed by atoms with Crippen molar-refractivity contribution in [2.75, 3.05) is 13.7 Å². The molecule has 3 nitrogen and oxygen atoms in total. The number of epoxide rings is 1. The summed E-state index contributed by atoms with van der Waals surface area (Å²) in [6, 6.07) is 2.23. The van der Waals surface area contributed by atoms with E-state index in [2.05, 4.69) is 0 Å². The average molecular weight is 268 g/mol. The number of halogens is 2. The molecule has 5 heteroatoms. The summed E-state index contributed by atoms with van der Waals surface area (Å²) in [5.74, 6) is -1.62. The van der Waals surface area contributed by atoms with Gasteiger partial charge in [-0.3, -0.25) is 4.79 Å². The fourth-order valence-corrected chi connectivity index (χ4v) is 3.01. The molecule has 1 saturated carbocycles. The molecular weight excluding hydrogens is 254 g/mol. The summed E-state index contributed by atoms with van der Waals surface area (Å²) >= 11 is 0. The molecule has 0 atom stereocenters. The molecule has 1 saturated heterocycles. The van der Waals surface area contributed by atoms with E-state index in [4.69, 9.17) is 9.47 Å². The number of methoxy groups -OCH3 is 1. The lowest BCUT2D eigenvalue weighted by Gasteiger charge is -2.44. The quantitative estimate of drug-likeness (QED) is 0.610. The molecule has 0 N–H and O–H groups in total. The van der Waals surface area contributed by atoms with Gasteiger partial charge in [-0.05, 0) is 37.5 Å². The number of carbonyl (C=O) groups excluding carboxylic acids is 1. The Bertz CT molecular complexity index is 556. The van der Waals surface area contributed by atoms with Crippen LogP contribution in [0.3, 0.4) is 0 Å². The number of hydrogen-bond acceptors (Lipinski definition) is 3. The Morgan fingerprint density at radius 3 is 2.47 bits per heavy atom. The molecule has 0 unspecified atom stereocenters. The number of rotatable bonds is 2. The minimum atomic E-state index is -1.11. The van der Waals surface area contributed by atoms with Crippen LogP contribution in [0.25, 0.3) is 0 Å². The van der Waals surface area contributed by atoms with Crippen LogP contribution in [0.4, 0.5) is 8.78 Å². The molecule has 1 spiro atoms. The van der Waals surface area contributed by atoms with Gasteiger partial charge < -0.3 is 9.47 Å². The Morgan fingerprint density at radius 2 is 1.95 bits per heavy atom. The van der Waals surface area contributed by atoms with Crippen molar-refractivity contribution < 1.29 is 23.0 Å². The van der Waals surface area contributed by atoms with Crippen molar-refractivity contribution in [3.8, 4) is 0 Å². The van der Waals surface area contributed by atoms with Crippen LogP contribution in [0.5, 0.6) is 0 Å². The van der Waals surface area contributed by atoms with Crippen LogP contribution >= 0.6 is 0 Å². The highest BCUT2D eigenvalue weighted by molar-refractivity contribution is 5.85. The number of hydrogen-bond donors (Lipinski definition) is 0. The van der Waals surface area contributed by atoms with Gasteiger partial charge in [0.25, 0.3) is 0 Å². The highest BCUT2D eigenvalue weighted by atomic mass is 19.1. The zero-order chi connectivity index (χ0) is 13.8. The molecule has 2 fully saturated rings. The van der Waals surface area contributed by atoms with Crippen LogP contribution in [-0.4, -0.2) is 25.3 Å². The van der Waals surface area contributed by atoms with Gasteiger partial charge in [-0.15, -0.1) is 0 Å². The van der Waals surface area contributed by atoms with Crippen molar-refractivity contribution >= 4 is 5.97 Å². The van der Waals surface area contributed by atoms with E-state index in [9.17, 15) is 13.6 Å². The van der Waals surface area contributed by atoms with Gasteiger partial charge in [-0.2, -0.15) is 0 Å². The Balaban J connectivity index is 2.06. The second kappa shape index (κ2) is 3.76. The van der Waals surface area contributed by atoms with Crippen LogP contribution in [0.1, 0.15) is 24.0 Å². The van der Waals surface area contributed by atoms with Gasteiger partial charge in [0.2, 0.25) is 0 Å². The molecule has 0 bridgehead atoms. The third-order valence-corrected chi connectivity index (χ3v) is 4.14. The van der Waals surface area contributed by atoms with Gasteiger partial charge >= 0.3 is 5.97 Å². The zero-order valence-corrected chi connectivity index (χ0v) is 10.8. The van der Waals surface area contributed by atoms with E-state index >= 15 is 0 Å². The summed E-state index contributed by atoms with van der Waals surface area (Å²) < 4.78 is 37.8. The maximum Gasteiger partial charge on any atom is 0.316 e. The minimum absolute atomic E-state index is 0.0728. The number of esters is 1. The second-order valence-electron chi connectivity index (χ2n) is 5.48. The SMILES string of the molecule is COC(=O)C1(c2cc(F)c(C)cc2F)CC2(CO2)C1. The number of ether oxygens (including phenoxy) is 2. The van der Waals surface area contributed by atoms with Crippen LogP contribution < -0.4 is 0 Å². The Morgan fingerprint density at radius 1 is 1.32 bits per heavy atom. The van der Waals surface area contributed by atoms with E-state index < -0.39 is 23.0 Å². The predicted octanol–water partition coefficient (Wildman–Crippen LogP) is 2.25. The smallest absolute Gasteiger partial charge is 0.316 e. The van der Waals surface area contributed by atoms with Crippen molar-refractivity contribution in [2.24, 2.45) is 0 Å². The van der Waals surface area contributed by atoms with Crippen molar-refractivity contribution in [1.82, 2.24) is 0 Å². The number of benzene rings is 1. The fraction of sp³-hybridized carbons (Fsp3) is 0.500. The van der Waals surface area contributed by atoms with Gasteiger partial charge in [0.1, 0.15) is 17.0 Å². The molecule has 1 heterocycles. The van der Waals surface area contributed by atoms with E-state index in [1.54, 1.807) is 0 Å². The van der Waals surface area contributed by atoms with Gasteiger partial charge in [-0.1, -0.05) is 0 Å².